The van der Waals surface area contributed by atoms with Crippen molar-refractivity contribution >= 4 is 34.7 Å². The number of carbonyl (C=O) groups is 6. The third-order valence-corrected chi connectivity index (χ3v) is 10.6. The molecule has 0 spiro atoms. The third-order valence-electron chi connectivity index (χ3n) is 10.6. The van der Waals surface area contributed by atoms with Crippen molar-refractivity contribution in [3.63, 3.8) is 0 Å². The Morgan fingerprint density at radius 2 is 1.02 bits per heavy atom. The second kappa shape index (κ2) is 32.0. The van der Waals surface area contributed by atoms with E-state index in [0.717, 1.165) is 117 Å². The summed E-state index contributed by atoms with van der Waals surface area (Å²) in [6.45, 7) is 16.1. The zero-order chi connectivity index (χ0) is 40.0. The summed E-state index contributed by atoms with van der Waals surface area (Å²) in [5, 5.41) is 3.44. The Morgan fingerprint density at radius 3 is 1.44 bits per heavy atom. The topological polar surface area (TPSA) is 133 Å². The summed E-state index contributed by atoms with van der Waals surface area (Å²) in [5.74, 6) is 0.979. The molecule has 0 aliphatic carbocycles. The number of hydrogen-bond donors (Lipinski definition) is 1. The molecule has 0 saturated carbocycles. The molecule has 312 valence electrons. The second-order valence-corrected chi connectivity index (χ2v) is 15.8. The van der Waals surface area contributed by atoms with Crippen molar-refractivity contribution in [2.45, 2.75) is 143 Å². The van der Waals surface area contributed by atoms with Crippen LogP contribution >= 0.6 is 0 Å². The number of hydrogen-bond acceptors (Lipinski definition) is 11. The number of carbonyl (C=O) groups excluding carboxylic acids is 6. The first-order valence-electron chi connectivity index (χ1n) is 21.4. The fourth-order valence-electron chi connectivity index (χ4n) is 7.00. The zero-order valence-electron chi connectivity index (χ0n) is 35.1. The van der Waals surface area contributed by atoms with Crippen LogP contribution in [-0.4, -0.2) is 135 Å². The predicted octanol–water partition coefficient (Wildman–Crippen LogP) is 5.89. The summed E-state index contributed by atoms with van der Waals surface area (Å²) < 4.78 is 4.94. The molecule has 3 aliphatic rings. The zero-order valence-corrected chi connectivity index (χ0v) is 35.1. The molecule has 3 fully saturated rings. The fraction of sp³-hybridized carbons (Fsp3) is 0.860. The molecule has 0 amide bonds. The van der Waals surface area contributed by atoms with E-state index in [1.165, 1.54) is 12.8 Å². The Labute approximate surface area is 328 Å². The van der Waals surface area contributed by atoms with Gasteiger partial charge in [-0.15, -0.1) is 0 Å². The number of nitrogens with zero attached hydrogens (tertiary/aromatic N) is 3. The van der Waals surface area contributed by atoms with Crippen molar-refractivity contribution in [2.75, 3.05) is 85.7 Å². The van der Waals surface area contributed by atoms with Gasteiger partial charge in [0.05, 0.1) is 26.2 Å². The van der Waals surface area contributed by atoms with E-state index in [2.05, 4.69) is 17.3 Å². The minimum Gasteiger partial charge on any atom is -0.381 e. The quantitative estimate of drug-likeness (QED) is 0.255. The van der Waals surface area contributed by atoms with Gasteiger partial charge >= 0.3 is 0 Å². The molecule has 0 bridgehead atoms. The molecule has 3 saturated heterocycles. The summed E-state index contributed by atoms with van der Waals surface area (Å²) in [5.41, 5.74) is 0. The molecule has 2 atom stereocenters. The van der Waals surface area contributed by atoms with Crippen molar-refractivity contribution in [2.24, 2.45) is 11.8 Å². The van der Waals surface area contributed by atoms with E-state index < -0.39 is 0 Å². The molecule has 0 unspecified atom stereocenters. The van der Waals surface area contributed by atoms with Crippen molar-refractivity contribution < 1.29 is 33.5 Å². The fourth-order valence-corrected chi connectivity index (χ4v) is 7.00. The SMILES string of the molecule is C1CCOC1.CCC(=O)CN1CCCCN(C)CCCC[C@H](CCC(C)=O)C(=O)C1.CCC(=O)CN1CCCCNCCCC[C@H](CCC(C)=O)C(=O)C1. The molecule has 54 heavy (non-hydrogen) atoms. The van der Waals surface area contributed by atoms with Crippen molar-refractivity contribution in [1.29, 1.82) is 0 Å². The lowest BCUT2D eigenvalue weighted by atomic mass is 9.91. The van der Waals surface area contributed by atoms with Gasteiger partial charge in [-0.1, -0.05) is 26.7 Å². The highest BCUT2D eigenvalue weighted by Gasteiger charge is 2.24. The maximum absolute atomic E-state index is 12.8. The van der Waals surface area contributed by atoms with Gasteiger partial charge in [0.25, 0.3) is 0 Å². The van der Waals surface area contributed by atoms with Crippen LogP contribution in [0, 0.1) is 11.8 Å². The van der Waals surface area contributed by atoms with E-state index in [9.17, 15) is 28.8 Å². The van der Waals surface area contributed by atoms with Crippen LogP contribution in [0.3, 0.4) is 0 Å². The van der Waals surface area contributed by atoms with Gasteiger partial charge in [-0.25, -0.2) is 0 Å². The lowest BCUT2D eigenvalue weighted by molar-refractivity contribution is -0.127. The molecule has 3 aliphatic heterocycles. The largest absolute Gasteiger partial charge is 0.381 e. The van der Waals surface area contributed by atoms with Crippen molar-refractivity contribution in [1.82, 2.24) is 20.0 Å². The standard InChI is InChI=1S/C20H36N2O3.C19H34N2O3.C4H8O/c1-4-19(24)15-22-14-8-7-13-21(3)12-6-5-9-18(20(25)16-22)11-10-17(2)23;1-3-18(23)14-21-13-7-6-12-20-11-5-4-8-17(19(24)15-21)10-9-16(2)22;1-2-4-5-3-1/h18H,4-16H2,1-3H3;17,20H,3-15H2,1-2H3;1-4H2/t18-;17-;/m11./s1. The van der Waals surface area contributed by atoms with E-state index in [-0.39, 0.29) is 46.5 Å². The Morgan fingerprint density at radius 1 is 0.611 bits per heavy atom. The van der Waals surface area contributed by atoms with Gasteiger partial charge in [-0.05, 0) is 137 Å². The molecular weight excluding hydrogens is 684 g/mol. The van der Waals surface area contributed by atoms with Crippen LogP contribution in [-0.2, 0) is 33.5 Å². The number of Topliss-reactive ketones (excluding diaryl/α,β-unsaturated/α-hetero) is 6. The highest BCUT2D eigenvalue weighted by molar-refractivity contribution is 5.86. The van der Waals surface area contributed by atoms with Crippen LogP contribution < -0.4 is 5.32 Å². The van der Waals surface area contributed by atoms with Gasteiger partial charge in [0, 0.05) is 50.7 Å². The van der Waals surface area contributed by atoms with Crippen LogP contribution in [0.4, 0.5) is 0 Å². The van der Waals surface area contributed by atoms with E-state index in [1.807, 2.05) is 23.6 Å². The maximum Gasteiger partial charge on any atom is 0.149 e. The van der Waals surface area contributed by atoms with Gasteiger partial charge in [0.1, 0.15) is 34.7 Å². The minimum atomic E-state index is -0.0473. The molecular formula is C43H78N4O7. The number of ether oxygens (including phenoxy) is 1. The first-order valence-corrected chi connectivity index (χ1v) is 21.4. The van der Waals surface area contributed by atoms with Crippen LogP contribution in [0.15, 0.2) is 0 Å². The Bertz CT molecular complexity index is 1070. The summed E-state index contributed by atoms with van der Waals surface area (Å²) >= 11 is 0. The summed E-state index contributed by atoms with van der Waals surface area (Å²) in [6.07, 6.45) is 15.9. The van der Waals surface area contributed by atoms with Gasteiger partial charge in [0.15, 0.2) is 0 Å². The number of rotatable bonds is 12. The lowest BCUT2D eigenvalue weighted by Gasteiger charge is -2.23. The third kappa shape index (κ3) is 26.6. The predicted molar refractivity (Wildman–Crippen MR) is 217 cm³/mol. The van der Waals surface area contributed by atoms with Crippen LogP contribution in [0.25, 0.3) is 0 Å². The van der Waals surface area contributed by atoms with E-state index in [4.69, 9.17) is 4.74 Å². The average molecular weight is 763 g/mol. The van der Waals surface area contributed by atoms with Crippen molar-refractivity contribution in [3.8, 4) is 0 Å². The monoisotopic (exact) mass is 763 g/mol. The normalized spacial score (nSPS) is 22.6. The average Bonchev–Trinajstić information content (AvgIpc) is 3.73. The first kappa shape index (κ1) is 49.8. The molecule has 3 heterocycles. The number of nitrogens with one attached hydrogen (secondary N) is 1. The second-order valence-electron chi connectivity index (χ2n) is 15.8. The Hall–Kier alpha value is -2.18. The Kier molecular flexibility index (Phi) is 29.5. The molecule has 11 heteroatoms. The van der Waals surface area contributed by atoms with Gasteiger partial charge in [-0.3, -0.25) is 29.0 Å². The molecule has 0 aromatic heterocycles. The van der Waals surface area contributed by atoms with Gasteiger partial charge in [-0.2, -0.15) is 0 Å². The van der Waals surface area contributed by atoms with Crippen LogP contribution in [0.5, 0.6) is 0 Å². The lowest BCUT2D eigenvalue weighted by Crippen LogP contribution is -2.37. The van der Waals surface area contributed by atoms with E-state index in [1.54, 1.807) is 13.8 Å². The summed E-state index contributed by atoms with van der Waals surface area (Å²) in [4.78, 5) is 78.2. The maximum atomic E-state index is 12.8. The molecule has 0 radical (unpaired) electrons. The molecule has 0 aromatic rings. The highest BCUT2D eigenvalue weighted by Crippen LogP contribution is 2.20. The smallest absolute Gasteiger partial charge is 0.149 e. The first-order chi connectivity index (χ1) is 25.9. The Balaban J connectivity index is 0.000000476. The highest BCUT2D eigenvalue weighted by atomic mass is 16.5. The molecule has 11 nitrogen and oxygen atoms in total. The number of ketones is 6. The molecule has 1 N–H and O–H groups in total. The van der Waals surface area contributed by atoms with Crippen LogP contribution in [0.1, 0.15) is 143 Å². The van der Waals surface area contributed by atoms with E-state index in [0.29, 0.717) is 64.7 Å². The van der Waals surface area contributed by atoms with Crippen LogP contribution in [0.2, 0.25) is 0 Å². The summed E-state index contributed by atoms with van der Waals surface area (Å²) in [7, 11) is 2.15. The van der Waals surface area contributed by atoms with E-state index >= 15 is 0 Å². The molecule has 3 rings (SSSR count). The van der Waals surface area contributed by atoms with Crippen molar-refractivity contribution in [3.05, 3.63) is 0 Å². The minimum absolute atomic E-state index is 0.0470. The molecule has 0 aromatic carbocycles. The van der Waals surface area contributed by atoms with Gasteiger partial charge in [0.2, 0.25) is 0 Å². The summed E-state index contributed by atoms with van der Waals surface area (Å²) in [6, 6.07) is 0. The van der Waals surface area contributed by atoms with Gasteiger partial charge < -0.3 is 24.5 Å².